The number of nitrogens with one attached hydrogen (secondary N) is 1. The number of carboxylic acid groups (broad SMARTS) is 1. The summed E-state index contributed by atoms with van der Waals surface area (Å²) in [6, 6.07) is 11.1. The second-order valence-electron chi connectivity index (χ2n) is 6.70. The summed E-state index contributed by atoms with van der Waals surface area (Å²) in [5, 5.41) is 10.6. The molecule has 11 heteroatoms. The van der Waals surface area contributed by atoms with Gasteiger partial charge in [-0.25, -0.2) is 4.79 Å². The number of benzene rings is 2. The Labute approximate surface area is 204 Å². The first-order valence-corrected chi connectivity index (χ1v) is 11.3. The monoisotopic (exact) mass is 506 g/mol. The molecule has 0 aliphatic carbocycles. The van der Waals surface area contributed by atoms with Gasteiger partial charge in [-0.3, -0.25) is 15.0 Å². The highest BCUT2D eigenvalue weighted by Gasteiger charge is 2.34. The highest BCUT2D eigenvalue weighted by molar-refractivity contribution is 8.26. The van der Waals surface area contributed by atoms with Crippen LogP contribution in [0.5, 0.6) is 11.5 Å². The number of hydrogen-bond acceptors (Lipinski definition) is 7. The number of ether oxygens (including phenoxy) is 2. The molecule has 1 atom stereocenters. The summed E-state index contributed by atoms with van der Waals surface area (Å²) in [6.45, 7) is 3.53. The summed E-state index contributed by atoms with van der Waals surface area (Å²) in [5.41, 5.74) is 3.44. The van der Waals surface area contributed by atoms with Crippen LogP contribution in [0.15, 0.2) is 47.4 Å². The highest BCUT2D eigenvalue weighted by atomic mass is 35.5. The fourth-order valence-corrected chi connectivity index (χ4v) is 4.01. The van der Waals surface area contributed by atoms with Crippen LogP contribution >= 0.6 is 35.6 Å². The molecule has 1 aliphatic heterocycles. The van der Waals surface area contributed by atoms with Crippen molar-refractivity contribution in [3.63, 3.8) is 0 Å². The van der Waals surface area contributed by atoms with Crippen molar-refractivity contribution in [2.24, 2.45) is 0 Å². The number of hydrogen-bond donors (Lipinski definition) is 2. The van der Waals surface area contributed by atoms with E-state index in [1.807, 2.05) is 0 Å². The molecule has 1 saturated heterocycles. The van der Waals surface area contributed by atoms with Crippen LogP contribution in [0.1, 0.15) is 29.8 Å². The van der Waals surface area contributed by atoms with Gasteiger partial charge in [0.15, 0.2) is 21.9 Å². The third-order valence-corrected chi connectivity index (χ3v) is 5.88. The van der Waals surface area contributed by atoms with E-state index in [2.05, 4.69) is 5.43 Å². The van der Waals surface area contributed by atoms with Crippen molar-refractivity contribution in [2.45, 2.75) is 20.0 Å². The van der Waals surface area contributed by atoms with Crippen molar-refractivity contribution < 1.29 is 29.0 Å². The molecule has 1 fully saturated rings. The Morgan fingerprint density at radius 1 is 1.24 bits per heavy atom. The van der Waals surface area contributed by atoms with E-state index < -0.39 is 23.9 Å². The smallest absolute Gasteiger partial charge is 0.344 e. The number of carboxylic acids is 1. The van der Waals surface area contributed by atoms with E-state index in [1.54, 1.807) is 43.3 Å². The van der Waals surface area contributed by atoms with Gasteiger partial charge in [0.1, 0.15) is 0 Å². The minimum absolute atomic E-state index is 0.175. The van der Waals surface area contributed by atoms with Crippen LogP contribution in [0.3, 0.4) is 0 Å². The average Bonchev–Trinajstić information content (AvgIpc) is 3.03. The fraction of sp³-hybridized carbons (Fsp3) is 0.182. The predicted molar refractivity (Wildman–Crippen MR) is 129 cm³/mol. The first-order chi connectivity index (χ1) is 15.7. The summed E-state index contributed by atoms with van der Waals surface area (Å²) >= 11 is 12.1. The summed E-state index contributed by atoms with van der Waals surface area (Å²) in [5.74, 6) is -1.48. The van der Waals surface area contributed by atoms with Crippen molar-refractivity contribution in [2.75, 3.05) is 6.61 Å². The Kier molecular flexibility index (Phi) is 7.96. The zero-order valence-corrected chi connectivity index (χ0v) is 19.9. The number of halogens is 1. The maximum Gasteiger partial charge on any atom is 0.344 e. The molecule has 0 radical (unpaired) electrons. The Bertz CT molecular complexity index is 1140. The van der Waals surface area contributed by atoms with Crippen LogP contribution in [0.25, 0.3) is 6.08 Å². The lowest BCUT2D eigenvalue weighted by Crippen LogP contribution is -2.44. The molecule has 0 aromatic heterocycles. The zero-order chi connectivity index (χ0) is 24.1. The average molecular weight is 507 g/mol. The molecule has 8 nitrogen and oxygen atoms in total. The quantitative estimate of drug-likeness (QED) is 0.406. The minimum atomic E-state index is -1.11. The molecule has 0 spiro atoms. The van der Waals surface area contributed by atoms with E-state index in [0.717, 1.165) is 16.8 Å². The Morgan fingerprint density at radius 2 is 1.94 bits per heavy atom. The number of aliphatic carboxylic acids is 1. The summed E-state index contributed by atoms with van der Waals surface area (Å²) in [7, 11) is 0. The Hall–Kier alpha value is -3.08. The number of thioether (sulfide) groups is 1. The third-order valence-electron chi connectivity index (χ3n) is 4.33. The van der Waals surface area contributed by atoms with Gasteiger partial charge in [0.25, 0.3) is 11.8 Å². The molecule has 0 bridgehead atoms. The van der Waals surface area contributed by atoms with Crippen molar-refractivity contribution in [3.8, 4) is 11.5 Å². The fourth-order valence-electron chi connectivity index (χ4n) is 2.70. The molecule has 1 heterocycles. The molecule has 2 amide bonds. The highest BCUT2D eigenvalue weighted by Crippen LogP contribution is 2.34. The largest absolute Gasteiger partial charge is 0.490 e. The van der Waals surface area contributed by atoms with Gasteiger partial charge in [-0.2, -0.15) is 5.01 Å². The molecule has 0 saturated carbocycles. The number of rotatable bonds is 8. The number of amides is 2. The zero-order valence-electron chi connectivity index (χ0n) is 17.5. The van der Waals surface area contributed by atoms with E-state index in [4.69, 9.17) is 38.4 Å². The molecule has 172 valence electrons. The second kappa shape index (κ2) is 10.7. The lowest BCUT2D eigenvalue weighted by atomic mass is 10.2. The van der Waals surface area contributed by atoms with Crippen molar-refractivity contribution in [3.05, 3.63) is 63.5 Å². The molecular weight excluding hydrogens is 488 g/mol. The van der Waals surface area contributed by atoms with Gasteiger partial charge in [0.2, 0.25) is 0 Å². The van der Waals surface area contributed by atoms with Gasteiger partial charge in [0.05, 0.1) is 11.5 Å². The number of thiocarbonyl (C=S) groups is 1. The molecule has 1 unspecified atom stereocenters. The molecule has 1 aliphatic rings. The Balaban J connectivity index is 1.79. The first-order valence-electron chi connectivity index (χ1n) is 9.70. The van der Waals surface area contributed by atoms with Gasteiger partial charge in [-0.15, -0.1) is 0 Å². The van der Waals surface area contributed by atoms with E-state index in [0.29, 0.717) is 33.4 Å². The standard InChI is InChI=1S/C22H19ClN2O6S2/c1-3-30-17-10-13(4-9-16(17)31-12(2)21(28)29)11-18-20(27)25(22(32)33-18)24-19(26)14-5-7-15(23)8-6-14/h4-12H,3H2,1-2H3,(H,24,26)(H,28,29)/b18-11+. The maximum absolute atomic E-state index is 12.8. The number of carbonyl (C=O) groups excluding carboxylic acids is 2. The van der Waals surface area contributed by atoms with Crippen molar-refractivity contribution in [1.82, 2.24) is 10.4 Å². The maximum atomic E-state index is 12.8. The van der Waals surface area contributed by atoms with Crippen molar-refractivity contribution >= 4 is 63.8 Å². The van der Waals surface area contributed by atoms with E-state index in [1.165, 1.54) is 19.1 Å². The normalized spacial score (nSPS) is 15.5. The molecule has 33 heavy (non-hydrogen) atoms. The molecule has 2 aromatic rings. The number of hydrazine groups is 1. The Morgan fingerprint density at radius 3 is 2.58 bits per heavy atom. The molecule has 2 aromatic carbocycles. The topological polar surface area (TPSA) is 105 Å². The lowest BCUT2D eigenvalue weighted by Gasteiger charge is -2.16. The van der Waals surface area contributed by atoms with Gasteiger partial charge >= 0.3 is 5.97 Å². The van der Waals surface area contributed by atoms with E-state index in [-0.39, 0.29) is 10.1 Å². The van der Waals surface area contributed by atoms with Crippen LogP contribution in [0.4, 0.5) is 0 Å². The van der Waals surface area contributed by atoms with Gasteiger partial charge in [-0.05, 0) is 74.1 Å². The summed E-state index contributed by atoms with van der Waals surface area (Å²) in [6.07, 6.45) is 0.538. The lowest BCUT2D eigenvalue weighted by molar-refractivity contribution is -0.144. The van der Waals surface area contributed by atoms with Crippen molar-refractivity contribution in [1.29, 1.82) is 0 Å². The first kappa shape index (κ1) is 24.6. The summed E-state index contributed by atoms with van der Waals surface area (Å²) in [4.78, 5) is 36.7. The van der Waals surface area contributed by atoms with Crippen LogP contribution < -0.4 is 14.9 Å². The van der Waals surface area contributed by atoms with Crippen LogP contribution in [-0.2, 0) is 9.59 Å². The SMILES string of the molecule is CCOc1cc(/C=C2/SC(=S)N(NC(=O)c3ccc(Cl)cc3)C2=O)ccc1OC(C)C(=O)O. The minimum Gasteiger partial charge on any atom is -0.490 e. The van der Waals surface area contributed by atoms with Gasteiger partial charge in [0, 0.05) is 10.6 Å². The molecule has 3 rings (SSSR count). The molecule has 2 N–H and O–H groups in total. The predicted octanol–water partition coefficient (Wildman–Crippen LogP) is 4.14. The van der Waals surface area contributed by atoms with Crippen LogP contribution in [0.2, 0.25) is 5.02 Å². The van der Waals surface area contributed by atoms with Gasteiger partial charge in [-0.1, -0.05) is 29.4 Å². The second-order valence-corrected chi connectivity index (χ2v) is 8.81. The number of carbonyl (C=O) groups is 3. The van der Waals surface area contributed by atoms with E-state index >= 15 is 0 Å². The van der Waals surface area contributed by atoms with Crippen LogP contribution in [0, 0.1) is 0 Å². The van der Waals surface area contributed by atoms with Crippen LogP contribution in [-0.4, -0.2) is 44.9 Å². The van der Waals surface area contributed by atoms with Gasteiger partial charge < -0.3 is 14.6 Å². The summed E-state index contributed by atoms with van der Waals surface area (Å²) < 4.78 is 11.2. The third kappa shape index (κ3) is 6.04. The van der Waals surface area contributed by atoms with E-state index in [9.17, 15) is 14.4 Å². The molecular formula is C22H19ClN2O6S2. The number of nitrogens with zero attached hydrogens (tertiary/aromatic N) is 1.